The molecule has 0 amide bonds. The van der Waals surface area contributed by atoms with E-state index in [1.165, 1.54) is 0 Å². The standard InChI is InChI=1S/C24H26O9/c1-5-19(25)30-13-24(14-31-20(26)6-2,15-32-21(27)7-3)16-33-23(29)17(4)22(28)18-11-9-8-10-12-18/h5-12,22,28H,1-4,13-16H2. The number of aliphatic hydroxyl groups excluding tert-OH is 1. The van der Waals surface area contributed by atoms with Gasteiger partial charge in [0.15, 0.2) is 0 Å². The van der Waals surface area contributed by atoms with E-state index in [4.69, 9.17) is 18.9 Å². The summed E-state index contributed by atoms with van der Waals surface area (Å²) in [5.74, 6) is -3.38. The summed E-state index contributed by atoms with van der Waals surface area (Å²) in [5, 5.41) is 10.4. The first kappa shape index (κ1) is 27.1. The lowest BCUT2D eigenvalue weighted by atomic mass is 9.92. The summed E-state index contributed by atoms with van der Waals surface area (Å²) in [4.78, 5) is 47.3. The van der Waals surface area contributed by atoms with Crippen molar-refractivity contribution in [1.82, 2.24) is 0 Å². The van der Waals surface area contributed by atoms with Gasteiger partial charge in [-0.25, -0.2) is 19.2 Å². The van der Waals surface area contributed by atoms with E-state index in [1.807, 2.05) is 0 Å². The Hall–Kier alpha value is -3.98. The highest BCUT2D eigenvalue weighted by atomic mass is 16.6. The molecule has 0 heterocycles. The summed E-state index contributed by atoms with van der Waals surface area (Å²) in [6.45, 7) is 11.5. The Morgan fingerprint density at radius 2 is 1.18 bits per heavy atom. The van der Waals surface area contributed by atoms with Gasteiger partial charge in [0, 0.05) is 18.2 Å². The van der Waals surface area contributed by atoms with Crippen LogP contribution in [0.25, 0.3) is 0 Å². The average molecular weight is 458 g/mol. The SMILES string of the molecule is C=CC(=O)OCC(COC(=O)C=C)(COC(=O)C=C)COC(=O)C(=C)C(O)c1ccccc1. The van der Waals surface area contributed by atoms with Gasteiger partial charge in [0.2, 0.25) is 0 Å². The molecule has 0 bridgehead atoms. The third-order valence-electron chi connectivity index (χ3n) is 4.28. The molecular weight excluding hydrogens is 432 g/mol. The largest absolute Gasteiger partial charge is 0.462 e. The molecule has 0 aliphatic carbocycles. The second kappa shape index (κ2) is 13.4. The van der Waals surface area contributed by atoms with Gasteiger partial charge in [-0.2, -0.15) is 0 Å². The third-order valence-corrected chi connectivity index (χ3v) is 4.28. The molecule has 0 radical (unpaired) electrons. The molecule has 0 aliphatic heterocycles. The topological polar surface area (TPSA) is 125 Å². The molecule has 0 fully saturated rings. The van der Waals surface area contributed by atoms with Crippen LogP contribution in [0.1, 0.15) is 11.7 Å². The monoisotopic (exact) mass is 458 g/mol. The van der Waals surface area contributed by atoms with Gasteiger partial charge in [-0.3, -0.25) is 0 Å². The van der Waals surface area contributed by atoms with E-state index in [0.717, 1.165) is 18.2 Å². The van der Waals surface area contributed by atoms with Crippen molar-refractivity contribution in [2.75, 3.05) is 26.4 Å². The predicted molar refractivity (Wildman–Crippen MR) is 117 cm³/mol. The molecule has 0 saturated heterocycles. The van der Waals surface area contributed by atoms with Crippen molar-refractivity contribution in [1.29, 1.82) is 0 Å². The average Bonchev–Trinajstić information content (AvgIpc) is 2.86. The van der Waals surface area contributed by atoms with Crippen LogP contribution in [0, 0.1) is 5.41 Å². The molecule has 1 rings (SSSR count). The van der Waals surface area contributed by atoms with E-state index < -0.39 is 61.8 Å². The smallest absolute Gasteiger partial charge is 0.336 e. The van der Waals surface area contributed by atoms with Crippen LogP contribution in [0.2, 0.25) is 0 Å². The van der Waals surface area contributed by atoms with Gasteiger partial charge < -0.3 is 24.1 Å². The predicted octanol–water partition coefficient (Wildman–Crippen LogP) is 1.99. The Morgan fingerprint density at radius 1 is 0.788 bits per heavy atom. The van der Waals surface area contributed by atoms with E-state index in [-0.39, 0.29) is 5.57 Å². The van der Waals surface area contributed by atoms with Gasteiger partial charge in [-0.05, 0) is 5.56 Å². The molecular formula is C24H26O9. The number of aliphatic hydroxyl groups is 1. The van der Waals surface area contributed by atoms with Gasteiger partial charge in [0.1, 0.15) is 37.9 Å². The molecule has 0 spiro atoms. The second-order valence-corrected chi connectivity index (χ2v) is 6.85. The molecule has 0 aromatic heterocycles. The zero-order valence-electron chi connectivity index (χ0n) is 18.1. The highest BCUT2D eigenvalue weighted by molar-refractivity contribution is 5.89. The highest BCUT2D eigenvalue weighted by Crippen LogP contribution is 2.25. The van der Waals surface area contributed by atoms with Gasteiger partial charge in [-0.1, -0.05) is 56.6 Å². The number of carbonyl (C=O) groups is 4. The van der Waals surface area contributed by atoms with Crippen LogP contribution in [0.3, 0.4) is 0 Å². The van der Waals surface area contributed by atoms with Crippen molar-refractivity contribution in [3.8, 4) is 0 Å². The van der Waals surface area contributed by atoms with Crippen LogP contribution in [0.5, 0.6) is 0 Å². The van der Waals surface area contributed by atoms with Crippen LogP contribution in [0.4, 0.5) is 0 Å². The lowest BCUT2D eigenvalue weighted by Crippen LogP contribution is -2.43. The molecule has 0 aliphatic rings. The van der Waals surface area contributed by atoms with Crippen molar-refractivity contribution in [2.45, 2.75) is 6.10 Å². The zero-order chi connectivity index (χ0) is 24.9. The third kappa shape index (κ3) is 8.96. The Bertz CT molecular complexity index is 842. The van der Waals surface area contributed by atoms with E-state index >= 15 is 0 Å². The maximum absolute atomic E-state index is 12.5. The normalized spacial score (nSPS) is 11.3. The first-order chi connectivity index (χ1) is 15.7. The molecule has 0 saturated carbocycles. The molecule has 176 valence electrons. The minimum absolute atomic E-state index is 0.260. The maximum atomic E-state index is 12.5. The second-order valence-electron chi connectivity index (χ2n) is 6.85. The van der Waals surface area contributed by atoms with Crippen molar-refractivity contribution in [3.63, 3.8) is 0 Å². The van der Waals surface area contributed by atoms with E-state index in [0.29, 0.717) is 5.56 Å². The molecule has 9 nitrogen and oxygen atoms in total. The van der Waals surface area contributed by atoms with Gasteiger partial charge in [0.05, 0.1) is 5.57 Å². The minimum atomic E-state index is -1.48. The summed E-state index contributed by atoms with van der Waals surface area (Å²) in [6, 6.07) is 8.30. The zero-order valence-corrected chi connectivity index (χ0v) is 18.1. The van der Waals surface area contributed by atoms with Crippen molar-refractivity contribution in [2.24, 2.45) is 5.41 Å². The molecule has 1 N–H and O–H groups in total. The number of rotatable bonds is 14. The highest BCUT2D eigenvalue weighted by Gasteiger charge is 2.38. The molecule has 1 atom stereocenters. The van der Waals surface area contributed by atoms with Gasteiger partial charge >= 0.3 is 23.9 Å². The van der Waals surface area contributed by atoms with E-state index in [1.54, 1.807) is 30.3 Å². The van der Waals surface area contributed by atoms with Crippen LogP contribution in [-0.4, -0.2) is 55.4 Å². The molecule has 33 heavy (non-hydrogen) atoms. The number of hydrogen-bond acceptors (Lipinski definition) is 9. The summed E-state index contributed by atoms with van der Waals surface area (Å²) >= 11 is 0. The van der Waals surface area contributed by atoms with E-state index in [2.05, 4.69) is 26.3 Å². The molecule has 1 aromatic carbocycles. The molecule has 1 unspecified atom stereocenters. The fraction of sp³-hybridized carbons (Fsp3) is 0.250. The fourth-order valence-electron chi connectivity index (χ4n) is 2.36. The number of ether oxygens (including phenoxy) is 4. The van der Waals surface area contributed by atoms with Gasteiger partial charge in [0.25, 0.3) is 0 Å². The van der Waals surface area contributed by atoms with Crippen LogP contribution in [0.15, 0.2) is 80.4 Å². The van der Waals surface area contributed by atoms with Crippen LogP contribution >= 0.6 is 0 Å². The van der Waals surface area contributed by atoms with Crippen LogP contribution in [-0.2, 0) is 38.1 Å². The first-order valence-electron chi connectivity index (χ1n) is 9.64. The van der Waals surface area contributed by atoms with E-state index in [9.17, 15) is 24.3 Å². The van der Waals surface area contributed by atoms with Crippen molar-refractivity contribution in [3.05, 3.63) is 86.0 Å². The molecule has 1 aromatic rings. The van der Waals surface area contributed by atoms with Crippen molar-refractivity contribution < 1.29 is 43.2 Å². The number of esters is 4. The quantitative estimate of drug-likeness (QED) is 0.253. The number of benzene rings is 1. The first-order valence-corrected chi connectivity index (χ1v) is 9.64. The minimum Gasteiger partial charge on any atom is -0.462 e. The summed E-state index contributed by atoms with van der Waals surface area (Å²) in [7, 11) is 0. The van der Waals surface area contributed by atoms with Crippen LogP contribution < -0.4 is 0 Å². The van der Waals surface area contributed by atoms with Gasteiger partial charge in [-0.15, -0.1) is 0 Å². The molecule has 9 heteroatoms. The van der Waals surface area contributed by atoms with Crippen molar-refractivity contribution >= 4 is 23.9 Å². The Balaban J connectivity index is 3.06. The lowest BCUT2D eigenvalue weighted by molar-refractivity contribution is -0.164. The number of hydrogen-bond donors (Lipinski definition) is 1. The maximum Gasteiger partial charge on any atom is 0.336 e. The lowest BCUT2D eigenvalue weighted by Gasteiger charge is -2.31. The Kier molecular flexibility index (Phi) is 11.0. The fourth-order valence-corrected chi connectivity index (χ4v) is 2.36. The Morgan fingerprint density at radius 3 is 1.58 bits per heavy atom. The Labute approximate surface area is 191 Å². The summed E-state index contributed by atoms with van der Waals surface area (Å²) in [6.07, 6.45) is 1.38. The summed E-state index contributed by atoms with van der Waals surface area (Å²) in [5.41, 5.74) is -1.32. The summed E-state index contributed by atoms with van der Waals surface area (Å²) < 4.78 is 20.4. The number of carbonyl (C=O) groups excluding carboxylic acids is 4.